The van der Waals surface area contributed by atoms with E-state index in [1.54, 1.807) is 7.11 Å². The minimum absolute atomic E-state index is 0. The zero-order chi connectivity index (χ0) is 28.6. The Morgan fingerprint density at radius 1 is 0.837 bits per heavy atom. The van der Waals surface area contributed by atoms with Gasteiger partial charge < -0.3 is 18.9 Å². The van der Waals surface area contributed by atoms with Gasteiger partial charge in [-0.25, -0.2) is 4.98 Å². The number of para-hydroxylation sites is 1. The third-order valence-electron chi connectivity index (χ3n) is 7.08. The Morgan fingerprint density at radius 2 is 1.63 bits per heavy atom. The molecule has 0 saturated carbocycles. The zero-order valence-corrected chi connectivity index (χ0v) is 25.5. The maximum atomic E-state index is 7.92. The minimum atomic E-state index is 0. The summed E-state index contributed by atoms with van der Waals surface area (Å²) in [6, 6.07) is 38.1. The smallest absolute Gasteiger partial charge is 0.509 e. The third-order valence-corrected chi connectivity index (χ3v) is 7.08. The molecule has 3 aromatic heterocycles. The van der Waals surface area contributed by atoms with Crippen LogP contribution in [0.3, 0.4) is 0 Å². The predicted molar refractivity (Wildman–Crippen MR) is 163 cm³/mol. The summed E-state index contributed by atoms with van der Waals surface area (Å²) in [6.45, 7) is 9.98. The van der Waals surface area contributed by atoms with Gasteiger partial charge in [-0.05, 0) is 41.6 Å². The maximum Gasteiger partial charge on any atom is 2.00 e. The molecule has 7 aromatic rings. The first-order valence-electron chi connectivity index (χ1n) is 13.3. The number of ether oxygens (including phenoxy) is 2. The van der Waals surface area contributed by atoms with Crippen molar-refractivity contribution in [3.8, 4) is 40.0 Å². The first-order chi connectivity index (χ1) is 20.6. The number of aromatic nitrogens is 4. The van der Waals surface area contributed by atoms with Crippen LogP contribution in [0.15, 0.2) is 103 Å². The number of pyridine rings is 1. The number of aryl methyl sites for hydroxylation is 1. The average Bonchev–Trinajstić information content (AvgIpc) is 3.57. The van der Waals surface area contributed by atoms with E-state index in [4.69, 9.17) is 16.0 Å². The second kappa shape index (κ2) is 11.6. The number of nitrogens with zero attached hydrogens (tertiary/aromatic N) is 5. The van der Waals surface area contributed by atoms with E-state index >= 15 is 0 Å². The van der Waals surface area contributed by atoms with E-state index < -0.39 is 0 Å². The Morgan fingerprint density at radius 3 is 2.42 bits per heavy atom. The molecule has 43 heavy (non-hydrogen) atoms. The van der Waals surface area contributed by atoms with Gasteiger partial charge in [0, 0.05) is 28.9 Å². The van der Waals surface area contributed by atoms with Gasteiger partial charge in [0.25, 0.3) is 11.7 Å². The molecule has 0 aliphatic carbocycles. The molecule has 0 spiro atoms. The van der Waals surface area contributed by atoms with Gasteiger partial charge in [0.1, 0.15) is 5.82 Å². The quantitative estimate of drug-likeness (QED) is 0.161. The van der Waals surface area contributed by atoms with Gasteiger partial charge in [-0.1, -0.05) is 71.8 Å². The first-order valence-corrected chi connectivity index (χ1v) is 13.3. The summed E-state index contributed by atoms with van der Waals surface area (Å²) >= 11 is 0. The third kappa shape index (κ3) is 4.96. The van der Waals surface area contributed by atoms with E-state index in [0.29, 0.717) is 34.4 Å². The van der Waals surface area contributed by atoms with Gasteiger partial charge in [-0.3, -0.25) is 0 Å². The monoisotopic (exact) mass is 740 g/mol. The Bertz CT molecular complexity index is 2140. The minimum Gasteiger partial charge on any atom is -0.509 e. The standard InChI is InChI=1S/C35H23N5O2.Pt/c1-23-18-19-37-32(20-23)39-30-15-8-7-14-28(30)29-17-16-27(22-31(29)39)42-26-13-9-12-25(21-26)40-34(36-2)33(35(38-40)41-3)24-10-5-4-6-11-24;/h4-20H,1,3H3;/q-2;+2. The summed E-state index contributed by atoms with van der Waals surface area (Å²) in [6.07, 6.45) is 1.82. The molecule has 8 heteroatoms. The molecular formula is C35H23N5O2Pt. The van der Waals surface area contributed by atoms with Crippen LogP contribution in [0.5, 0.6) is 17.4 Å². The summed E-state index contributed by atoms with van der Waals surface area (Å²) in [5.41, 5.74) is 5.06. The molecule has 0 aliphatic rings. The molecule has 3 heterocycles. The molecule has 0 amide bonds. The molecular weight excluding hydrogens is 717 g/mol. The van der Waals surface area contributed by atoms with Crippen LogP contribution in [0.1, 0.15) is 5.56 Å². The van der Waals surface area contributed by atoms with Crippen LogP contribution in [0.2, 0.25) is 0 Å². The van der Waals surface area contributed by atoms with Crippen LogP contribution in [0, 0.1) is 25.6 Å². The number of hydrogen-bond acceptors (Lipinski definition) is 4. The van der Waals surface area contributed by atoms with Crippen molar-refractivity contribution in [1.29, 1.82) is 0 Å². The van der Waals surface area contributed by atoms with Crippen molar-refractivity contribution >= 4 is 27.6 Å². The Balaban J connectivity index is 0.00000329. The first kappa shape index (κ1) is 28.0. The van der Waals surface area contributed by atoms with Gasteiger partial charge >= 0.3 is 21.1 Å². The van der Waals surface area contributed by atoms with E-state index in [0.717, 1.165) is 38.8 Å². The molecule has 7 rings (SSSR count). The summed E-state index contributed by atoms with van der Waals surface area (Å²) < 4.78 is 15.5. The summed E-state index contributed by atoms with van der Waals surface area (Å²) in [7, 11) is 1.55. The molecule has 0 N–H and O–H groups in total. The van der Waals surface area contributed by atoms with E-state index in [1.807, 2.05) is 85.1 Å². The molecule has 0 bridgehead atoms. The number of rotatable bonds is 6. The van der Waals surface area contributed by atoms with E-state index in [1.165, 1.54) is 4.68 Å². The Hall–Kier alpha value is -5.18. The molecule has 0 fully saturated rings. The fraction of sp³-hybridized carbons (Fsp3) is 0.0571. The molecule has 0 saturated heterocycles. The van der Waals surface area contributed by atoms with Crippen LogP contribution in [-0.2, 0) is 21.1 Å². The van der Waals surface area contributed by atoms with Crippen molar-refractivity contribution < 1.29 is 30.5 Å². The molecule has 0 atom stereocenters. The van der Waals surface area contributed by atoms with E-state index in [-0.39, 0.29) is 21.1 Å². The fourth-order valence-corrected chi connectivity index (χ4v) is 5.21. The summed E-state index contributed by atoms with van der Waals surface area (Å²) in [5, 5.41) is 6.75. The molecule has 0 radical (unpaired) electrons. The second-order valence-corrected chi connectivity index (χ2v) is 9.73. The van der Waals surface area contributed by atoms with E-state index in [2.05, 4.69) is 56.8 Å². The largest absolute Gasteiger partial charge is 2.00 e. The van der Waals surface area contributed by atoms with Crippen molar-refractivity contribution in [2.45, 2.75) is 6.92 Å². The number of hydrogen-bond donors (Lipinski definition) is 0. The van der Waals surface area contributed by atoms with Gasteiger partial charge in [0.2, 0.25) is 0 Å². The second-order valence-electron chi connectivity index (χ2n) is 9.73. The summed E-state index contributed by atoms with van der Waals surface area (Å²) in [5.74, 6) is 2.50. The zero-order valence-electron chi connectivity index (χ0n) is 23.2. The maximum absolute atomic E-state index is 7.92. The molecule has 0 aliphatic heterocycles. The topological polar surface area (TPSA) is 58.5 Å². The van der Waals surface area contributed by atoms with Crippen LogP contribution in [0.25, 0.3) is 49.3 Å². The molecule has 0 unspecified atom stereocenters. The Labute approximate surface area is 263 Å². The SMILES string of the molecule is [C-]#[N+]c1c(-c2ccccc2)c(OC)nn1-c1[c-]c(Oc2[c-]c3c(cc2)c2ccccc2n3-c2cc(C)ccn2)ccc1.[Pt+2]. The van der Waals surface area contributed by atoms with Crippen molar-refractivity contribution in [1.82, 2.24) is 19.3 Å². The van der Waals surface area contributed by atoms with Crippen molar-refractivity contribution in [2.24, 2.45) is 0 Å². The number of methoxy groups -OCH3 is 1. The van der Waals surface area contributed by atoms with Crippen LogP contribution >= 0.6 is 0 Å². The average molecular weight is 741 g/mol. The normalized spacial score (nSPS) is 10.8. The van der Waals surface area contributed by atoms with Crippen LogP contribution in [-0.4, -0.2) is 26.4 Å². The molecule has 4 aromatic carbocycles. The van der Waals surface area contributed by atoms with Gasteiger partial charge in [0.15, 0.2) is 0 Å². The van der Waals surface area contributed by atoms with Gasteiger partial charge in [0.05, 0.1) is 12.7 Å². The van der Waals surface area contributed by atoms with Crippen molar-refractivity contribution in [3.63, 3.8) is 0 Å². The number of benzene rings is 4. The predicted octanol–water partition coefficient (Wildman–Crippen LogP) is 8.29. The van der Waals surface area contributed by atoms with Gasteiger partial charge in [-0.2, -0.15) is 16.8 Å². The molecule has 7 nitrogen and oxygen atoms in total. The number of fused-ring (bicyclic) bond motifs is 3. The van der Waals surface area contributed by atoms with Crippen LogP contribution in [0.4, 0.5) is 5.82 Å². The Kier molecular flexibility index (Phi) is 7.54. The summed E-state index contributed by atoms with van der Waals surface area (Å²) in [4.78, 5) is 8.45. The molecule has 210 valence electrons. The van der Waals surface area contributed by atoms with Gasteiger partial charge in [-0.15, -0.1) is 29.7 Å². The van der Waals surface area contributed by atoms with Crippen LogP contribution < -0.4 is 9.47 Å². The van der Waals surface area contributed by atoms with Crippen molar-refractivity contribution in [2.75, 3.05) is 7.11 Å². The fourth-order valence-electron chi connectivity index (χ4n) is 5.21. The van der Waals surface area contributed by atoms with Crippen molar-refractivity contribution in [3.05, 3.63) is 132 Å². The van der Waals surface area contributed by atoms with E-state index in [9.17, 15) is 0 Å².